The van der Waals surface area contributed by atoms with Crippen LogP contribution in [0, 0.1) is 22.9 Å². The van der Waals surface area contributed by atoms with Gasteiger partial charge in [0.15, 0.2) is 17.7 Å². The summed E-state index contributed by atoms with van der Waals surface area (Å²) in [6, 6.07) is 10.1. The second kappa shape index (κ2) is 6.87. The van der Waals surface area contributed by atoms with Crippen molar-refractivity contribution in [3.63, 3.8) is 0 Å². The summed E-state index contributed by atoms with van der Waals surface area (Å²) in [6.07, 6.45) is -0.966. The number of nitrogens with zero attached hydrogens (tertiary/aromatic N) is 1. The number of hydrogen-bond acceptors (Lipinski definition) is 4. The van der Waals surface area contributed by atoms with Crippen molar-refractivity contribution >= 4 is 17.3 Å². The van der Waals surface area contributed by atoms with Gasteiger partial charge in [-0.15, -0.1) is 0 Å². The molecule has 6 nitrogen and oxygen atoms in total. The van der Waals surface area contributed by atoms with E-state index in [2.05, 4.69) is 5.32 Å². The monoisotopic (exact) mass is 318 g/mol. The lowest BCUT2D eigenvalue weighted by Crippen LogP contribution is -2.30. The first-order valence-electron chi connectivity index (χ1n) is 6.85. The molecule has 0 aliphatic carbocycles. The normalized spacial score (nSPS) is 11.6. The second-order valence-electron chi connectivity index (χ2n) is 4.94. The van der Waals surface area contributed by atoms with Gasteiger partial charge >= 0.3 is 0 Å². The minimum absolute atomic E-state index is 0.0370. The zero-order valence-corrected chi connectivity index (χ0v) is 12.6. The lowest BCUT2D eigenvalue weighted by atomic mass is 10.2. The highest BCUT2D eigenvalue weighted by Gasteiger charge is 2.18. The zero-order valence-electron chi connectivity index (χ0n) is 12.6. The molecule has 2 aromatic carbocycles. The van der Waals surface area contributed by atoms with Crippen molar-refractivity contribution in [2.45, 2.75) is 20.0 Å². The Hall–Kier alpha value is -2.96. The smallest absolute Gasteiger partial charge is 0.274 e. The third-order valence-electron chi connectivity index (χ3n) is 3.18. The summed E-state index contributed by atoms with van der Waals surface area (Å²) in [4.78, 5) is 22.4. The standard InChI is InChI=1S/C16H15FN2O4/c1-10-7-8-12(9-14(10)19(21)22)18-16(20)11(2)23-15-6-4-3-5-13(15)17/h3-9,11H,1-2H3,(H,18,20). The summed E-state index contributed by atoms with van der Waals surface area (Å²) in [6.45, 7) is 3.07. The van der Waals surface area contributed by atoms with Crippen molar-refractivity contribution in [1.82, 2.24) is 0 Å². The molecule has 1 amide bonds. The molecule has 23 heavy (non-hydrogen) atoms. The maximum absolute atomic E-state index is 13.5. The molecule has 0 bridgehead atoms. The number of nitro groups is 1. The van der Waals surface area contributed by atoms with E-state index >= 15 is 0 Å². The molecule has 0 aliphatic rings. The predicted octanol–water partition coefficient (Wildman–Crippen LogP) is 3.45. The van der Waals surface area contributed by atoms with Crippen LogP contribution in [0.1, 0.15) is 12.5 Å². The molecule has 120 valence electrons. The van der Waals surface area contributed by atoms with Crippen LogP contribution < -0.4 is 10.1 Å². The molecule has 0 aliphatic heterocycles. The Morgan fingerprint density at radius 3 is 2.65 bits per heavy atom. The number of para-hydroxylation sites is 1. The summed E-state index contributed by atoms with van der Waals surface area (Å²) in [7, 11) is 0. The summed E-state index contributed by atoms with van der Waals surface area (Å²) in [5, 5.41) is 13.4. The van der Waals surface area contributed by atoms with E-state index in [1.807, 2.05) is 0 Å². The Labute approximate surface area is 132 Å². The maximum Gasteiger partial charge on any atom is 0.274 e. The molecule has 0 aromatic heterocycles. The average Bonchev–Trinajstić information content (AvgIpc) is 2.51. The Morgan fingerprint density at radius 1 is 1.30 bits per heavy atom. The third-order valence-corrected chi connectivity index (χ3v) is 3.18. The van der Waals surface area contributed by atoms with Crippen LogP contribution in [0.25, 0.3) is 0 Å². The molecule has 0 heterocycles. The molecule has 0 saturated heterocycles. The third kappa shape index (κ3) is 4.03. The van der Waals surface area contributed by atoms with Crippen LogP contribution in [0.3, 0.4) is 0 Å². The van der Waals surface area contributed by atoms with Gasteiger partial charge in [-0.2, -0.15) is 0 Å². The fraction of sp³-hybridized carbons (Fsp3) is 0.188. The van der Waals surface area contributed by atoms with Gasteiger partial charge < -0.3 is 10.1 Å². The fourth-order valence-corrected chi connectivity index (χ4v) is 1.91. The van der Waals surface area contributed by atoms with Crippen LogP contribution in [0.4, 0.5) is 15.8 Å². The molecule has 1 unspecified atom stereocenters. The lowest BCUT2D eigenvalue weighted by Gasteiger charge is -2.15. The minimum Gasteiger partial charge on any atom is -0.478 e. The number of carbonyl (C=O) groups excluding carboxylic acids is 1. The quantitative estimate of drug-likeness (QED) is 0.676. The molecule has 2 rings (SSSR count). The van der Waals surface area contributed by atoms with Gasteiger partial charge in [-0.1, -0.05) is 18.2 Å². The molecular formula is C16H15FN2O4. The summed E-state index contributed by atoms with van der Waals surface area (Å²) < 4.78 is 18.8. The van der Waals surface area contributed by atoms with Gasteiger partial charge in [-0.05, 0) is 32.0 Å². The molecule has 2 aromatic rings. The average molecular weight is 318 g/mol. The first-order valence-corrected chi connectivity index (χ1v) is 6.85. The predicted molar refractivity (Wildman–Crippen MR) is 83.0 cm³/mol. The lowest BCUT2D eigenvalue weighted by molar-refractivity contribution is -0.385. The van der Waals surface area contributed by atoms with Crippen molar-refractivity contribution in [3.05, 3.63) is 64.0 Å². The number of benzene rings is 2. The van der Waals surface area contributed by atoms with Gasteiger partial charge in [-0.25, -0.2) is 4.39 Å². The number of ether oxygens (including phenoxy) is 1. The van der Waals surface area contributed by atoms with Crippen LogP contribution in [0.15, 0.2) is 42.5 Å². The highest BCUT2D eigenvalue weighted by Crippen LogP contribution is 2.23. The number of hydrogen-bond donors (Lipinski definition) is 1. The van der Waals surface area contributed by atoms with Gasteiger partial charge in [0, 0.05) is 17.3 Å². The molecular weight excluding hydrogens is 303 g/mol. The number of aryl methyl sites for hydroxylation is 1. The van der Waals surface area contributed by atoms with E-state index in [1.165, 1.54) is 37.3 Å². The zero-order chi connectivity index (χ0) is 17.0. The molecule has 0 saturated carbocycles. The van der Waals surface area contributed by atoms with Gasteiger partial charge in [0.2, 0.25) is 0 Å². The second-order valence-corrected chi connectivity index (χ2v) is 4.94. The number of halogens is 1. The highest BCUT2D eigenvalue weighted by atomic mass is 19.1. The fourth-order valence-electron chi connectivity index (χ4n) is 1.91. The topological polar surface area (TPSA) is 81.5 Å². The number of rotatable bonds is 5. The number of anilines is 1. The summed E-state index contributed by atoms with van der Waals surface area (Å²) in [5.41, 5.74) is 0.672. The van der Waals surface area contributed by atoms with Crippen molar-refractivity contribution in [2.75, 3.05) is 5.32 Å². The van der Waals surface area contributed by atoms with Crippen LogP contribution in [-0.4, -0.2) is 16.9 Å². The van der Waals surface area contributed by atoms with Crippen molar-refractivity contribution < 1.29 is 18.8 Å². The van der Waals surface area contributed by atoms with E-state index in [0.717, 1.165) is 0 Å². The van der Waals surface area contributed by atoms with Crippen LogP contribution in [0.2, 0.25) is 0 Å². The first-order chi connectivity index (χ1) is 10.9. The Kier molecular flexibility index (Phi) is 4.90. The molecule has 1 N–H and O–H groups in total. The van der Waals surface area contributed by atoms with E-state index in [0.29, 0.717) is 5.56 Å². The number of nitro benzene ring substituents is 1. The van der Waals surface area contributed by atoms with Crippen molar-refractivity contribution in [1.29, 1.82) is 0 Å². The molecule has 1 atom stereocenters. The summed E-state index contributed by atoms with van der Waals surface area (Å²) in [5.74, 6) is -1.14. The van der Waals surface area contributed by atoms with E-state index in [-0.39, 0.29) is 17.1 Å². The van der Waals surface area contributed by atoms with Gasteiger partial charge in [-0.3, -0.25) is 14.9 Å². The van der Waals surface area contributed by atoms with Gasteiger partial charge in [0.25, 0.3) is 11.6 Å². The van der Waals surface area contributed by atoms with E-state index in [9.17, 15) is 19.3 Å². The Bertz CT molecular complexity index is 749. The van der Waals surface area contributed by atoms with E-state index < -0.39 is 22.8 Å². The van der Waals surface area contributed by atoms with Gasteiger partial charge in [0.05, 0.1) is 4.92 Å². The number of carbonyl (C=O) groups is 1. The Morgan fingerprint density at radius 2 is 2.00 bits per heavy atom. The van der Waals surface area contributed by atoms with Crippen molar-refractivity contribution in [2.24, 2.45) is 0 Å². The van der Waals surface area contributed by atoms with Crippen molar-refractivity contribution in [3.8, 4) is 5.75 Å². The Balaban J connectivity index is 2.08. The van der Waals surface area contributed by atoms with E-state index in [4.69, 9.17) is 4.74 Å². The first kappa shape index (κ1) is 16.4. The molecule has 0 spiro atoms. The summed E-state index contributed by atoms with van der Waals surface area (Å²) >= 11 is 0. The largest absolute Gasteiger partial charge is 0.478 e. The SMILES string of the molecule is Cc1ccc(NC(=O)C(C)Oc2ccccc2F)cc1[N+](=O)[O-]. The highest BCUT2D eigenvalue weighted by molar-refractivity contribution is 5.94. The molecule has 7 heteroatoms. The maximum atomic E-state index is 13.5. The number of amides is 1. The molecule has 0 fully saturated rings. The molecule has 0 radical (unpaired) electrons. The minimum atomic E-state index is -0.966. The van der Waals surface area contributed by atoms with Gasteiger partial charge in [0.1, 0.15) is 0 Å². The van der Waals surface area contributed by atoms with Crippen LogP contribution in [0.5, 0.6) is 5.75 Å². The van der Waals surface area contributed by atoms with Crippen LogP contribution in [-0.2, 0) is 4.79 Å². The number of nitrogens with one attached hydrogen (secondary N) is 1. The van der Waals surface area contributed by atoms with E-state index in [1.54, 1.807) is 19.1 Å². The van der Waals surface area contributed by atoms with Crippen LogP contribution >= 0.6 is 0 Å².